The lowest BCUT2D eigenvalue weighted by molar-refractivity contribution is -0.137. The summed E-state index contributed by atoms with van der Waals surface area (Å²) in [4.78, 5) is 12.4. The third kappa shape index (κ3) is 6.11. The molecule has 3 nitrogen and oxygen atoms in total. The lowest BCUT2D eigenvalue weighted by atomic mass is 9.73. The molecular formula is C20H28F4N2OS. The normalized spacial score (nSPS) is 17.7. The Labute approximate surface area is 168 Å². The summed E-state index contributed by atoms with van der Waals surface area (Å²) in [6.07, 6.45) is -1.85. The molecule has 0 unspecified atom stereocenters. The van der Waals surface area contributed by atoms with Gasteiger partial charge in [-0.1, -0.05) is 32.7 Å². The molecule has 1 amide bonds. The van der Waals surface area contributed by atoms with E-state index in [1.165, 1.54) is 0 Å². The molecule has 1 aromatic carbocycles. The summed E-state index contributed by atoms with van der Waals surface area (Å²) in [7, 11) is 0. The Bertz CT molecular complexity index is 671. The van der Waals surface area contributed by atoms with Crippen molar-refractivity contribution < 1.29 is 22.4 Å². The summed E-state index contributed by atoms with van der Waals surface area (Å²) in [5, 5.41) is 2.78. The smallest absolute Gasteiger partial charge is 0.351 e. The Morgan fingerprint density at radius 3 is 2.43 bits per heavy atom. The number of amides is 1. The number of carbonyl (C=O) groups is 1. The van der Waals surface area contributed by atoms with Crippen LogP contribution in [0.2, 0.25) is 0 Å². The Morgan fingerprint density at radius 2 is 1.93 bits per heavy atom. The molecule has 2 rings (SSSR count). The first-order valence-electron chi connectivity index (χ1n) is 9.59. The largest absolute Gasteiger partial charge is 0.416 e. The minimum atomic E-state index is -4.64. The predicted molar refractivity (Wildman–Crippen MR) is 105 cm³/mol. The lowest BCUT2D eigenvalue weighted by Crippen LogP contribution is -2.45. The predicted octanol–water partition coefficient (Wildman–Crippen LogP) is 5.37. The van der Waals surface area contributed by atoms with Gasteiger partial charge in [0.2, 0.25) is 0 Å². The highest BCUT2D eigenvalue weighted by atomic mass is 32.2. The van der Waals surface area contributed by atoms with Crippen LogP contribution in [0, 0.1) is 17.2 Å². The van der Waals surface area contributed by atoms with E-state index < -0.39 is 23.5 Å². The van der Waals surface area contributed by atoms with Gasteiger partial charge >= 0.3 is 6.18 Å². The van der Waals surface area contributed by atoms with Crippen molar-refractivity contribution in [3.8, 4) is 0 Å². The van der Waals surface area contributed by atoms with E-state index in [9.17, 15) is 22.4 Å². The van der Waals surface area contributed by atoms with Gasteiger partial charge in [-0.15, -0.1) is 0 Å². The monoisotopic (exact) mass is 420 g/mol. The fourth-order valence-electron chi connectivity index (χ4n) is 3.83. The summed E-state index contributed by atoms with van der Waals surface area (Å²) in [6.45, 7) is 8.62. The molecule has 0 atom stereocenters. The van der Waals surface area contributed by atoms with Crippen molar-refractivity contribution in [2.45, 2.75) is 46.2 Å². The molecular weight excluding hydrogens is 392 g/mol. The highest BCUT2D eigenvalue weighted by Crippen LogP contribution is 2.39. The van der Waals surface area contributed by atoms with Crippen molar-refractivity contribution in [1.82, 2.24) is 9.62 Å². The quantitative estimate of drug-likeness (QED) is 0.475. The van der Waals surface area contributed by atoms with Crippen LogP contribution in [0.5, 0.6) is 0 Å². The number of alkyl halides is 3. The number of hydrogen-bond donors (Lipinski definition) is 1. The summed E-state index contributed by atoms with van der Waals surface area (Å²) in [5.74, 6) is -0.356. The molecule has 0 saturated carbocycles. The Hall–Kier alpha value is -1.28. The van der Waals surface area contributed by atoms with Crippen LogP contribution in [0.25, 0.3) is 0 Å². The molecule has 1 fully saturated rings. The van der Waals surface area contributed by atoms with Gasteiger partial charge in [-0.25, -0.2) is 4.39 Å². The second kappa shape index (κ2) is 9.48. The van der Waals surface area contributed by atoms with Gasteiger partial charge in [0.15, 0.2) is 0 Å². The van der Waals surface area contributed by atoms with Crippen molar-refractivity contribution in [2.24, 2.45) is 11.3 Å². The Morgan fingerprint density at radius 1 is 1.29 bits per heavy atom. The fourth-order valence-corrected chi connectivity index (χ4v) is 4.64. The first-order chi connectivity index (χ1) is 13.1. The number of benzene rings is 1. The number of hydrogen-bond acceptors (Lipinski definition) is 3. The average molecular weight is 421 g/mol. The molecule has 0 aliphatic carbocycles. The second-order valence-electron chi connectivity index (χ2n) is 7.82. The van der Waals surface area contributed by atoms with Crippen LogP contribution >= 0.6 is 11.9 Å². The van der Waals surface area contributed by atoms with Gasteiger partial charge in [-0.05, 0) is 48.8 Å². The number of nitrogens with one attached hydrogen (secondary N) is 1. The maximum Gasteiger partial charge on any atom is 0.416 e. The van der Waals surface area contributed by atoms with E-state index in [0.29, 0.717) is 18.5 Å². The minimum Gasteiger partial charge on any atom is -0.351 e. The zero-order valence-corrected chi connectivity index (χ0v) is 17.4. The highest BCUT2D eigenvalue weighted by molar-refractivity contribution is 7.96. The highest BCUT2D eigenvalue weighted by Gasteiger charge is 2.36. The molecule has 0 radical (unpaired) electrons. The Kier molecular flexibility index (Phi) is 7.79. The van der Waals surface area contributed by atoms with E-state index in [0.717, 1.165) is 50.2 Å². The molecule has 0 aromatic heterocycles. The van der Waals surface area contributed by atoms with Crippen LogP contribution in [-0.2, 0) is 6.18 Å². The lowest BCUT2D eigenvalue weighted by Gasteiger charge is -2.42. The standard InChI is InChI=1S/C20H28F4N2OS/c1-4-28-26-9-7-19(8-10-26,12-14(2)3)13-25-18(27)16-6-5-15(11-17(16)21)20(22,23)24/h5-6,11,14H,4,7-10,12-13H2,1-3H3,(H,25,27). The molecule has 8 heteroatoms. The third-order valence-electron chi connectivity index (χ3n) is 5.10. The van der Waals surface area contributed by atoms with E-state index in [2.05, 4.69) is 30.4 Å². The average Bonchev–Trinajstić information content (AvgIpc) is 2.60. The third-order valence-corrected chi connectivity index (χ3v) is 6.09. The fraction of sp³-hybridized carbons (Fsp3) is 0.650. The molecule has 1 aliphatic heterocycles. The van der Waals surface area contributed by atoms with Crippen molar-refractivity contribution in [3.63, 3.8) is 0 Å². The first-order valence-corrected chi connectivity index (χ1v) is 10.5. The molecule has 158 valence electrons. The van der Waals surface area contributed by atoms with E-state index in [1.54, 1.807) is 11.9 Å². The summed E-state index contributed by atoms with van der Waals surface area (Å²) in [6, 6.07) is 2.02. The van der Waals surface area contributed by atoms with Crippen molar-refractivity contribution in [2.75, 3.05) is 25.4 Å². The minimum absolute atomic E-state index is 0.0724. The zero-order chi connectivity index (χ0) is 20.9. The zero-order valence-electron chi connectivity index (χ0n) is 16.5. The van der Waals surface area contributed by atoms with Crippen molar-refractivity contribution >= 4 is 17.9 Å². The topological polar surface area (TPSA) is 32.3 Å². The molecule has 1 aromatic rings. The van der Waals surface area contributed by atoms with Crippen LogP contribution in [0.1, 0.15) is 56.0 Å². The SMILES string of the molecule is CCSN1CCC(CNC(=O)c2ccc(C(F)(F)F)cc2F)(CC(C)C)CC1. The van der Waals surface area contributed by atoms with Gasteiger partial charge in [0.05, 0.1) is 11.1 Å². The number of halogens is 4. The summed E-state index contributed by atoms with van der Waals surface area (Å²) >= 11 is 1.80. The summed E-state index contributed by atoms with van der Waals surface area (Å²) in [5.41, 5.74) is -1.53. The summed E-state index contributed by atoms with van der Waals surface area (Å²) < 4.78 is 54.4. The molecule has 1 aliphatic rings. The second-order valence-corrected chi connectivity index (χ2v) is 9.17. The number of nitrogens with zero attached hydrogens (tertiary/aromatic N) is 1. The van der Waals surface area contributed by atoms with Crippen LogP contribution in [-0.4, -0.2) is 35.6 Å². The van der Waals surface area contributed by atoms with Crippen LogP contribution in [0.4, 0.5) is 17.6 Å². The molecule has 0 spiro atoms. The van der Waals surface area contributed by atoms with E-state index in [1.807, 2.05) is 0 Å². The first kappa shape index (κ1) is 23.0. The number of piperidine rings is 1. The van der Waals surface area contributed by atoms with Gasteiger partial charge in [0.25, 0.3) is 5.91 Å². The number of rotatable bonds is 7. The molecule has 1 saturated heterocycles. The maximum absolute atomic E-state index is 14.1. The number of carbonyl (C=O) groups excluding carboxylic acids is 1. The van der Waals surface area contributed by atoms with Crippen LogP contribution < -0.4 is 5.32 Å². The molecule has 1 N–H and O–H groups in total. The van der Waals surface area contributed by atoms with E-state index >= 15 is 0 Å². The Balaban J connectivity index is 2.06. The van der Waals surface area contributed by atoms with Gasteiger partial charge in [0.1, 0.15) is 5.82 Å². The van der Waals surface area contributed by atoms with E-state index in [-0.39, 0.29) is 11.0 Å². The molecule has 28 heavy (non-hydrogen) atoms. The van der Waals surface area contributed by atoms with Crippen molar-refractivity contribution in [1.29, 1.82) is 0 Å². The van der Waals surface area contributed by atoms with Gasteiger partial charge in [0, 0.05) is 25.4 Å². The maximum atomic E-state index is 14.1. The van der Waals surface area contributed by atoms with E-state index in [4.69, 9.17) is 0 Å². The molecule has 1 heterocycles. The van der Waals surface area contributed by atoms with Crippen molar-refractivity contribution in [3.05, 3.63) is 35.1 Å². The van der Waals surface area contributed by atoms with Gasteiger partial charge in [-0.2, -0.15) is 13.2 Å². The van der Waals surface area contributed by atoms with Gasteiger partial charge in [-0.3, -0.25) is 9.10 Å². The van der Waals surface area contributed by atoms with Crippen LogP contribution in [0.3, 0.4) is 0 Å². The molecule has 0 bridgehead atoms. The van der Waals surface area contributed by atoms with Gasteiger partial charge < -0.3 is 5.32 Å². The van der Waals surface area contributed by atoms with Crippen LogP contribution in [0.15, 0.2) is 18.2 Å².